The Hall–Kier alpha value is -0.560. The lowest BCUT2D eigenvalue weighted by Gasteiger charge is -2.22. The van der Waals surface area contributed by atoms with Crippen LogP contribution in [0, 0.1) is 11.8 Å². The first-order chi connectivity index (χ1) is 9.83. The van der Waals surface area contributed by atoms with Gasteiger partial charge < -0.3 is 20.9 Å². The Balaban J connectivity index is 0. The van der Waals surface area contributed by atoms with Gasteiger partial charge in [0, 0.05) is 38.6 Å². The van der Waals surface area contributed by atoms with Crippen molar-refractivity contribution in [2.75, 3.05) is 40.3 Å². The van der Waals surface area contributed by atoms with E-state index in [0.717, 1.165) is 13.0 Å². The molecule has 2 unspecified atom stereocenters. The Morgan fingerprint density at radius 3 is 2.48 bits per heavy atom. The first-order valence-corrected chi connectivity index (χ1v) is 7.76. The predicted molar refractivity (Wildman–Crippen MR) is 98.2 cm³/mol. The van der Waals surface area contributed by atoms with E-state index in [4.69, 9.17) is 5.73 Å². The van der Waals surface area contributed by atoms with Crippen molar-refractivity contribution in [3.8, 4) is 0 Å². The molecule has 1 rings (SSSR count). The SMILES string of the molecule is CC(C)CC(CN)NC(=O)C1CC(=O)N(CCN(C)C)C1.Cl.Cl. The van der Waals surface area contributed by atoms with Crippen LogP contribution in [-0.2, 0) is 9.59 Å². The molecular formula is C15H32Cl2N4O2. The van der Waals surface area contributed by atoms with Crippen molar-refractivity contribution < 1.29 is 9.59 Å². The Morgan fingerprint density at radius 1 is 1.39 bits per heavy atom. The second kappa shape index (κ2) is 11.9. The molecule has 6 nitrogen and oxygen atoms in total. The van der Waals surface area contributed by atoms with Gasteiger partial charge >= 0.3 is 0 Å². The predicted octanol–water partition coefficient (Wildman–Crippen LogP) is 0.730. The third-order valence-electron chi connectivity index (χ3n) is 3.79. The Bertz CT molecular complexity index is 367. The molecule has 2 amide bonds. The van der Waals surface area contributed by atoms with E-state index >= 15 is 0 Å². The normalized spacial score (nSPS) is 18.7. The lowest BCUT2D eigenvalue weighted by Crippen LogP contribution is -2.44. The molecule has 1 aliphatic heterocycles. The minimum absolute atomic E-state index is 0. The molecule has 0 spiro atoms. The maximum absolute atomic E-state index is 12.3. The second-order valence-corrected chi connectivity index (χ2v) is 6.61. The number of halogens is 2. The quantitative estimate of drug-likeness (QED) is 0.659. The van der Waals surface area contributed by atoms with E-state index < -0.39 is 0 Å². The third-order valence-corrected chi connectivity index (χ3v) is 3.79. The second-order valence-electron chi connectivity index (χ2n) is 6.61. The standard InChI is InChI=1S/C15H30N4O2.2ClH/c1-11(2)7-13(9-16)17-15(21)12-8-14(20)19(10-12)6-5-18(3)4;;/h11-13H,5-10,16H2,1-4H3,(H,17,21);2*1H. The van der Waals surface area contributed by atoms with Gasteiger partial charge in [-0.05, 0) is 26.4 Å². The van der Waals surface area contributed by atoms with Crippen molar-refractivity contribution in [2.24, 2.45) is 17.6 Å². The van der Waals surface area contributed by atoms with Crippen LogP contribution in [0.25, 0.3) is 0 Å². The minimum Gasteiger partial charge on any atom is -0.352 e. The highest BCUT2D eigenvalue weighted by Gasteiger charge is 2.34. The van der Waals surface area contributed by atoms with Crippen LogP contribution in [0.3, 0.4) is 0 Å². The van der Waals surface area contributed by atoms with Crippen molar-refractivity contribution in [3.05, 3.63) is 0 Å². The third kappa shape index (κ3) is 8.74. The molecule has 1 heterocycles. The largest absolute Gasteiger partial charge is 0.352 e. The van der Waals surface area contributed by atoms with Crippen molar-refractivity contribution >= 4 is 36.6 Å². The van der Waals surface area contributed by atoms with Gasteiger partial charge in [0.1, 0.15) is 0 Å². The van der Waals surface area contributed by atoms with Crippen LogP contribution in [0.4, 0.5) is 0 Å². The van der Waals surface area contributed by atoms with Gasteiger partial charge in [-0.2, -0.15) is 0 Å². The molecule has 2 atom stereocenters. The van der Waals surface area contributed by atoms with E-state index in [2.05, 4.69) is 19.2 Å². The number of hydrogen-bond acceptors (Lipinski definition) is 4. The number of amides is 2. The van der Waals surface area contributed by atoms with Crippen molar-refractivity contribution in [2.45, 2.75) is 32.7 Å². The molecule has 0 bridgehead atoms. The highest BCUT2D eigenvalue weighted by molar-refractivity contribution is 5.89. The van der Waals surface area contributed by atoms with Gasteiger partial charge in [0.2, 0.25) is 11.8 Å². The Labute approximate surface area is 152 Å². The van der Waals surface area contributed by atoms with Gasteiger partial charge in [0.05, 0.1) is 5.92 Å². The molecule has 0 radical (unpaired) electrons. The summed E-state index contributed by atoms with van der Waals surface area (Å²) in [5, 5.41) is 2.99. The van der Waals surface area contributed by atoms with Crippen LogP contribution in [0.15, 0.2) is 0 Å². The van der Waals surface area contributed by atoms with E-state index in [1.807, 2.05) is 19.0 Å². The number of carbonyl (C=O) groups is 2. The van der Waals surface area contributed by atoms with E-state index in [-0.39, 0.29) is 48.6 Å². The number of nitrogens with two attached hydrogens (primary N) is 1. The van der Waals surface area contributed by atoms with Gasteiger partial charge in [-0.15, -0.1) is 24.8 Å². The van der Waals surface area contributed by atoms with Crippen molar-refractivity contribution in [1.82, 2.24) is 15.1 Å². The monoisotopic (exact) mass is 370 g/mol. The van der Waals surface area contributed by atoms with Gasteiger partial charge in [-0.3, -0.25) is 9.59 Å². The molecule has 1 saturated heterocycles. The molecule has 1 aliphatic rings. The summed E-state index contributed by atoms with van der Waals surface area (Å²) in [5.41, 5.74) is 5.71. The van der Waals surface area contributed by atoms with Gasteiger partial charge in [0.15, 0.2) is 0 Å². The number of likely N-dealkylation sites (tertiary alicyclic amines) is 1. The number of likely N-dealkylation sites (N-methyl/N-ethyl adjacent to an activating group) is 1. The fourth-order valence-corrected chi connectivity index (χ4v) is 2.59. The van der Waals surface area contributed by atoms with Crippen LogP contribution in [-0.4, -0.2) is 67.9 Å². The van der Waals surface area contributed by atoms with E-state index in [1.165, 1.54) is 0 Å². The molecule has 23 heavy (non-hydrogen) atoms. The summed E-state index contributed by atoms with van der Waals surface area (Å²) in [4.78, 5) is 28.0. The maximum atomic E-state index is 12.3. The summed E-state index contributed by atoms with van der Waals surface area (Å²) in [6.45, 7) is 6.68. The zero-order chi connectivity index (χ0) is 16.0. The number of hydrogen-bond donors (Lipinski definition) is 2. The number of nitrogens with zero attached hydrogens (tertiary/aromatic N) is 2. The maximum Gasteiger partial charge on any atom is 0.225 e. The van der Waals surface area contributed by atoms with E-state index in [9.17, 15) is 9.59 Å². The highest BCUT2D eigenvalue weighted by Crippen LogP contribution is 2.18. The molecule has 138 valence electrons. The van der Waals surface area contributed by atoms with Crippen LogP contribution in [0.2, 0.25) is 0 Å². The lowest BCUT2D eigenvalue weighted by atomic mass is 10.0. The summed E-state index contributed by atoms with van der Waals surface area (Å²) in [5.74, 6) is 0.290. The molecule has 0 aromatic heterocycles. The fourth-order valence-electron chi connectivity index (χ4n) is 2.59. The number of nitrogens with one attached hydrogen (secondary N) is 1. The first kappa shape index (κ1) is 24.7. The number of rotatable bonds is 8. The van der Waals surface area contributed by atoms with Gasteiger partial charge in [-0.25, -0.2) is 0 Å². The Kier molecular flexibility index (Phi) is 12.8. The van der Waals surface area contributed by atoms with Crippen LogP contribution < -0.4 is 11.1 Å². The average Bonchev–Trinajstić information content (AvgIpc) is 2.76. The van der Waals surface area contributed by atoms with Crippen LogP contribution in [0.1, 0.15) is 26.7 Å². The molecular weight excluding hydrogens is 339 g/mol. The zero-order valence-corrected chi connectivity index (χ0v) is 16.2. The summed E-state index contributed by atoms with van der Waals surface area (Å²) < 4.78 is 0. The zero-order valence-electron chi connectivity index (χ0n) is 14.6. The van der Waals surface area contributed by atoms with Crippen LogP contribution >= 0.6 is 24.8 Å². The minimum atomic E-state index is -0.235. The van der Waals surface area contributed by atoms with Crippen molar-refractivity contribution in [1.29, 1.82) is 0 Å². The number of carbonyl (C=O) groups excluding carboxylic acids is 2. The van der Waals surface area contributed by atoms with E-state index in [1.54, 1.807) is 4.90 Å². The molecule has 0 saturated carbocycles. The van der Waals surface area contributed by atoms with Crippen LogP contribution in [0.5, 0.6) is 0 Å². The molecule has 0 aliphatic carbocycles. The fraction of sp³-hybridized carbons (Fsp3) is 0.867. The van der Waals surface area contributed by atoms with Gasteiger partial charge in [0.25, 0.3) is 0 Å². The average molecular weight is 371 g/mol. The molecule has 8 heteroatoms. The molecule has 1 fully saturated rings. The molecule has 0 aromatic rings. The smallest absolute Gasteiger partial charge is 0.225 e. The first-order valence-electron chi connectivity index (χ1n) is 7.76. The topological polar surface area (TPSA) is 78.7 Å². The summed E-state index contributed by atoms with van der Waals surface area (Å²) in [7, 11) is 3.95. The summed E-state index contributed by atoms with van der Waals surface area (Å²) in [6.07, 6.45) is 1.19. The highest BCUT2D eigenvalue weighted by atomic mass is 35.5. The Morgan fingerprint density at radius 2 is 2.00 bits per heavy atom. The lowest BCUT2D eigenvalue weighted by molar-refractivity contribution is -0.129. The van der Waals surface area contributed by atoms with Crippen molar-refractivity contribution in [3.63, 3.8) is 0 Å². The molecule has 3 N–H and O–H groups in total. The molecule has 0 aromatic carbocycles. The van der Waals surface area contributed by atoms with E-state index in [0.29, 0.717) is 32.0 Å². The summed E-state index contributed by atoms with van der Waals surface area (Å²) in [6, 6.07) is 0.00317. The van der Waals surface area contributed by atoms with Gasteiger partial charge in [-0.1, -0.05) is 13.8 Å². The summed E-state index contributed by atoms with van der Waals surface area (Å²) >= 11 is 0.